The van der Waals surface area contributed by atoms with Crippen molar-refractivity contribution >= 4 is 17.3 Å². The number of nitro benzene ring substituents is 1. The minimum absolute atomic E-state index is 0.0421. The molecule has 6 heteroatoms. The van der Waals surface area contributed by atoms with Crippen LogP contribution in [0.1, 0.15) is 5.56 Å². The van der Waals surface area contributed by atoms with Crippen LogP contribution in [-0.4, -0.2) is 29.9 Å². The van der Waals surface area contributed by atoms with Gasteiger partial charge in [0.25, 0.3) is 5.69 Å². The number of rotatable bonds is 5. The van der Waals surface area contributed by atoms with Crippen molar-refractivity contribution in [2.45, 2.75) is 12.5 Å². The monoisotopic (exact) mass is 245 g/mol. The number of nitrogens with zero attached hydrogens (tertiary/aromatic N) is 1. The van der Waals surface area contributed by atoms with Crippen LogP contribution in [0.4, 0.5) is 5.69 Å². The van der Waals surface area contributed by atoms with Gasteiger partial charge in [-0.05, 0) is 12.1 Å². The summed E-state index contributed by atoms with van der Waals surface area (Å²) in [6.45, 7) is 0.129. The predicted molar refractivity (Wildman–Crippen MR) is 59.7 cm³/mol. The van der Waals surface area contributed by atoms with Gasteiger partial charge in [-0.1, -0.05) is 11.6 Å². The summed E-state index contributed by atoms with van der Waals surface area (Å²) in [7, 11) is 1.45. The van der Waals surface area contributed by atoms with Gasteiger partial charge in [0.15, 0.2) is 0 Å². The van der Waals surface area contributed by atoms with Gasteiger partial charge >= 0.3 is 0 Å². The molecule has 0 fully saturated rings. The maximum atomic E-state index is 10.7. The van der Waals surface area contributed by atoms with Gasteiger partial charge in [0.05, 0.1) is 17.6 Å². The number of nitro groups is 1. The van der Waals surface area contributed by atoms with E-state index in [9.17, 15) is 15.2 Å². The van der Waals surface area contributed by atoms with E-state index in [1.165, 1.54) is 25.3 Å². The molecule has 16 heavy (non-hydrogen) atoms. The number of aliphatic hydroxyl groups excluding tert-OH is 1. The number of halogens is 1. The third kappa shape index (κ3) is 3.44. The molecule has 1 rings (SSSR count). The van der Waals surface area contributed by atoms with E-state index < -0.39 is 11.0 Å². The molecule has 0 aliphatic heterocycles. The SMILES string of the molecule is COCC(O)Cc1cc(Cl)ccc1[N+](=O)[O-]. The normalized spacial score (nSPS) is 12.4. The Balaban J connectivity index is 2.92. The Labute approximate surface area is 97.8 Å². The summed E-state index contributed by atoms with van der Waals surface area (Å²) in [5.74, 6) is 0. The number of methoxy groups -OCH3 is 1. The largest absolute Gasteiger partial charge is 0.390 e. The number of hydrogen-bond donors (Lipinski definition) is 1. The molecule has 0 saturated carbocycles. The molecule has 0 amide bonds. The van der Waals surface area contributed by atoms with Crippen LogP contribution < -0.4 is 0 Å². The fraction of sp³-hybridized carbons (Fsp3) is 0.400. The quantitative estimate of drug-likeness (QED) is 0.634. The van der Waals surface area contributed by atoms with Crippen molar-refractivity contribution in [2.24, 2.45) is 0 Å². The van der Waals surface area contributed by atoms with Gasteiger partial charge in [-0.15, -0.1) is 0 Å². The topological polar surface area (TPSA) is 72.6 Å². The molecule has 0 saturated heterocycles. The van der Waals surface area contributed by atoms with Crippen molar-refractivity contribution in [1.29, 1.82) is 0 Å². The molecule has 0 aliphatic rings. The Morgan fingerprint density at radius 3 is 2.88 bits per heavy atom. The third-order valence-electron chi connectivity index (χ3n) is 2.05. The third-order valence-corrected chi connectivity index (χ3v) is 2.29. The molecule has 0 radical (unpaired) electrons. The molecule has 1 atom stereocenters. The molecular formula is C10H12ClNO4. The Hall–Kier alpha value is -1.17. The standard InChI is InChI=1S/C10H12ClNO4/c1-16-6-9(13)5-7-4-8(11)2-3-10(7)12(14)15/h2-4,9,13H,5-6H2,1H3. The summed E-state index contributed by atoms with van der Waals surface area (Å²) >= 11 is 5.75. The molecule has 0 spiro atoms. The Morgan fingerprint density at radius 1 is 1.62 bits per heavy atom. The van der Waals surface area contributed by atoms with Crippen molar-refractivity contribution in [3.63, 3.8) is 0 Å². The smallest absolute Gasteiger partial charge is 0.272 e. The zero-order valence-corrected chi connectivity index (χ0v) is 9.48. The summed E-state index contributed by atoms with van der Waals surface area (Å²) < 4.78 is 4.75. The van der Waals surface area contributed by atoms with E-state index in [-0.39, 0.29) is 18.7 Å². The van der Waals surface area contributed by atoms with Crippen LogP contribution in [0.2, 0.25) is 5.02 Å². The average molecular weight is 246 g/mol. The first-order chi connectivity index (χ1) is 7.54. The summed E-state index contributed by atoms with van der Waals surface area (Å²) in [6.07, 6.45) is -0.632. The van der Waals surface area contributed by atoms with Crippen molar-refractivity contribution < 1.29 is 14.8 Å². The number of ether oxygens (including phenoxy) is 1. The van der Waals surface area contributed by atoms with E-state index in [1.54, 1.807) is 0 Å². The number of hydrogen-bond acceptors (Lipinski definition) is 4. The summed E-state index contributed by atoms with van der Waals surface area (Å²) in [4.78, 5) is 10.2. The lowest BCUT2D eigenvalue weighted by molar-refractivity contribution is -0.385. The molecule has 5 nitrogen and oxygen atoms in total. The zero-order chi connectivity index (χ0) is 12.1. The Morgan fingerprint density at radius 2 is 2.31 bits per heavy atom. The fourth-order valence-corrected chi connectivity index (χ4v) is 1.60. The number of benzene rings is 1. The first-order valence-electron chi connectivity index (χ1n) is 4.64. The minimum Gasteiger partial charge on any atom is -0.390 e. The maximum Gasteiger partial charge on any atom is 0.272 e. The lowest BCUT2D eigenvalue weighted by Gasteiger charge is -2.09. The van der Waals surface area contributed by atoms with Gasteiger partial charge < -0.3 is 9.84 Å². The summed E-state index contributed by atoms with van der Waals surface area (Å²) in [5, 5.41) is 20.6. The molecule has 1 aromatic carbocycles. The average Bonchev–Trinajstić information content (AvgIpc) is 2.17. The van der Waals surface area contributed by atoms with Crippen molar-refractivity contribution in [3.05, 3.63) is 38.9 Å². The van der Waals surface area contributed by atoms with E-state index in [0.29, 0.717) is 10.6 Å². The highest BCUT2D eigenvalue weighted by atomic mass is 35.5. The van der Waals surface area contributed by atoms with Crippen LogP contribution in [0, 0.1) is 10.1 Å². The van der Waals surface area contributed by atoms with E-state index in [2.05, 4.69) is 0 Å². The first kappa shape index (κ1) is 12.9. The highest BCUT2D eigenvalue weighted by Crippen LogP contribution is 2.23. The fourth-order valence-electron chi connectivity index (χ4n) is 1.40. The van der Waals surface area contributed by atoms with Crippen LogP contribution in [0.15, 0.2) is 18.2 Å². The van der Waals surface area contributed by atoms with Crippen molar-refractivity contribution in [3.8, 4) is 0 Å². The molecule has 0 bridgehead atoms. The first-order valence-corrected chi connectivity index (χ1v) is 5.02. The molecule has 88 valence electrons. The molecule has 0 heterocycles. The lowest BCUT2D eigenvalue weighted by Crippen LogP contribution is -2.17. The van der Waals surface area contributed by atoms with Gasteiger partial charge in [-0.25, -0.2) is 0 Å². The highest BCUT2D eigenvalue weighted by molar-refractivity contribution is 6.30. The van der Waals surface area contributed by atoms with E-state index >= 15 is 0 Å². The second-order valence-corrected chi connectivity index (χ2v) is 3.78. The van der Waals surface area contributed by atoms with Crippen LogP contribution in [0.25, 0.3) is 0 Å². The van der Waals surface area contributed by atoms with Crippen molar-refractivity contribution in [2.75, 3.05) is 13.7 Å². The van der Waals surface area contributed by atoms with E-state index in [0.717, 1.165) is 0 Å². The van der Waals surface area contributed by atoms with Gasteiger partial charge in [-0.2, -0.15) is 0 Å². The lowest BCUT2D eigenvalue weighted by atomic mass is 10.1. The van der Waals surface area contributed by atoms with Crippen LogP contribution >= 0.6 is 11.6 Å². The molecular weight excluding hydrogens is 234 g/mol. The molecule has 0 aromatic heterocycles. The Bertz CT molecular complexity index is 383. The zero-order valence-electron chi connectivity index (χ0n) is 8.72. The molecule has 0 aliphatic carbocycles. The van der Waals surface area contributed by atoms with Gasteiger partial charge in [0.2, 0.25) is 0 Å². The van der Waals surface area contributed by atoms with Gasteiger partial charge in [0.1, 0.15) is 0 Å². The van der Waals surface area contributed by atoms with Crippen molar-refractivity contribution in [1.82, 2.24) is 0 Å². The number of aliphatic hydroxyl groups is 1. The minimum atomic E-state index is -0.776. The summed E-state index contributed by atoms with van der Waals surface area (Å²) in [5.41, 5.74) is 0.363. The predicted octanol–water partition coefficient (Wildman–Crippen LogP) is 1.80. The van der Waals surface area contributed by atoms with Crippen LogP contribution in [0.3, 0.4) is 0 Å². The maximum absolute atomic E-state index is 10.7. The highest BCUT2D eigenvalue weighted by Gasteiger charge is 2.16. The van der Waals surface area contributed by atoms with E-state index in [4.69, 9.17) is 16.3 Å². The summed E-state index contributed by atoms with van der Waals surface area (Å²) in [6, 6.07) is 4.27. The second kappa shape index (κ2) is 5.79. The Kier molecular flexibility index (Phi) is 4.67. The van der Waals surface area contributed by atoms with Crippen LogP contribution in [0.5, 0.6) is 0 Å². The van der Waals surface area contributed by atoms with Crippen LogP contribution in [-0.2, 0) is 11.2 Å². The molecule has 1 N–H and O–H groups in total. The van der Waals surface area contributed by atoms with Gasteiger partial charge in [-0.3, -0.25) is 10.1 Å². The van der Waals surface area contributed by atoms with Gasteiger partial charge in [0, 0.05) is 30.2 Å². The molecule has 1 aromatic rings. The second-order valence-electron chi connectivity index (χ2n) is 3.34. The van der Waals surface area contributed by atoms with E-state index in [1.807, 2.05) is 0 Å². The molecule has 1 unspecified atom stereocenters.